The number of hydrogen-bond donors (Lipinski definition) is 0. The monoisotopic (exact) mass is 434 g/mol. The van der Waals surface area contributed by atoms with Crippen molar-refractivity contribution in [3.8, 4) is 0 Å². The summed E-state index contributed by atoms with van der Waals surface area (Å²) in [5.74, 6) is -0.277. The number of aromatic nitrogens is 2. The summed E-state index contributed by atoms with van der Waals surface area (Å²) in [5.41, 5.74) is 8.27. The second kappa shape index (κ2) is 6.85. The SMILES string of the molecule is CCn1c(C)c(C2(c3c(C)c(C)c4ccccn34)OC(=O)c3ccccc32)c2ccccc21. The van der Waals surface area contributed by atoms with Crippen LogP contribution in [0.15, 0.2) is 72.9 Å². The van der Waals surface area contributed by atoms with Crippen LogP contribution in [-0.2, 0) is 16.9 Å². The predicted molar refractivity (Wildman–Crippen MR) is 131 cm³/mol. The average Bonchev–Trinajstić information content (AvgIpc) is 3.39. The average molecular weight is 435 g/mol. The van der Waals surface area contributed by atoms with E-state index in [1.54, 1.807) is 0 Å². The van der Waals surface area contributed by atoms with Gasteiger partial charge in [-0.25, -0.2) is 4.79 Å². The molecule has 0 spiro atoms. The van der Waals surface area contributed by atoms with Gasteiger partial charge in [0.25, 0.3) is 0 Å². The Morgan fingerprint density at radius 1 is 0.848 bits per heavy atom. The summed E-state index contributed by atoms with van der Waals surface area (Å²) < 4.78 is 11.1. The number of carbonyl (C=O) groups excluding carboxylic acids is 1. The van der Waals surface area contributed by atoms with Crippen LogP contribution < -0.4 is 0 Å². The molecule has 0 bridgehead atoms. The first-order valence-electron chi connectivity index (χ1n) is 11.5. The molecule has 0 amide bonds. The highest BCUT2D eigenvalue weighted by Crippen LogP contribution is 2.52. The van der Waals surface area contributed by atoms with Crippen LogP contribution in [0.4, 0.5) is 0 Å². The van der Waals surface area contributed by atoms with Crippen molar-refractivity contribution < 1.29 is 9.53 Å². The molecule has 6 rings (SSSR count). The van der Waals surface area contributed by atoms with Crippen LogP contribution in [0.2, 0.25) is 0 Å². The molecule has 1 aliphatic rings. The van der Waals surface area contributed by atoms with E-state index in [1.807, 2.05) is 24.3 Å². The van der Waals surface area contributed by atoms with Gasteiger partial charge < -0.3 is 13.7 Å². The van der Waals surface area contributed by atoms with Gasteiger partial charge in [0, 0.05) is 46.0 Å². The Morgan fingerprint density at radius 2 is 1.55 bits per heavy atom. The van der Waals surface area contributed by atoms with Crippen molar-refractivity contribution >= 4 is 22.4 Å². The van der Waals surface area contributed by atoms with Crippen molar-refractivity contribution in [1.29, 1.82) is 0 Å². The number of cyclic esters (lactones) is 1. The molecule has 0 aliphatic carbocycles. The molecule has 164 valence electrons. The van der Waals surface area contributed by atoms with E-state index in [2.05, 4.69) is 85.3 Å². The van der Waals surface area contributed by atoms with E-state index < -0.39 is 5.60 Å². The Labute approximate surface area is 193 Å². The van der Waals surface area contributed by atoms with E-state index in [9.17, 15) is 4.79 Å². The lowest BCUT2D eigenvalue weighted by Crippen LogP contribution is -2.32. The van der Waals surface area contributed by atoms with Crippen molar-refractivity contribution in [2.75, 3.05) is 0 Å². The van der Waals surface area contributed by atoms with Gasteiger partial charge >= 0.3 is 5.97 Å². The minimum absolute atomic E-state index is 0.277. The number of para-hydroxylation sites is 1. The zero-order chi connectivity index (χ0) is 22.9. The zero-order valence-corrected chi connectivity index (χ0v) is 19.3. The minimum atomic E-state index is -1.04. The lowest BCUT2D eigenvalue weighted by molar-refractivity contribution is 0.0237. The van der Waals surface area contributed by atoms with Crippen LogP contribution in [0.3, 0.4) is 0 Å². The van der Waals surface area contributed by atoms with E-state index in [0.29, 0.717) is 5.56 Å². The fourth-order valence-corrected chi connectivity index (χ4v) is 5.91. The van der Waals surface area contributed by atoms with Crippen molar-refractivity contribution in [1.82, 2.24) is 8.97 Å². The first-order valence-corrected chi connectivity index (χ1v) is 11.5. The molecular formula is C29H26N2O2. The van der Waals surface area contributed by atoms with Crippen LogP contribution >= 0.6 is 0 Å². The van der Waals surface area contributed by atoms with Gasteiger partial charge in [0.2, 0.25) is 5.60 Å². The highest BCUT2D eigenvalue weighted by atomic mass is 16.6. The number of hydrogen-bond acceptors (Lipinski definition) is 2. The molecule has 3 aromatic heterocycles. The number of esters is 1. The van der Waals surface area contributed by atoms with E-state index >= 15 is 0 Å². The van der Waals surface area contributed by atoms with Gasteiger partial charge in [0.1, 0.15) is 0 Å². The standard InChI is InChI=1S/C29H26N2O2/c1-5-30-20(4)26(22-13-7-9-16-25(22)30)29(23-14-8-6-12-21(23)28(32)33-29)27-19(3)18(2)24-15-10-11-17-31(24)27/h6-17H,5H2,1-4H3. The summed E-state index contributed by atoms with van der Waals surface area (Å²) in [5, 5.41) is 1.12. The van der Waals surface area contributed by atoms with Crippen LogP contribution in [0.5, 0.6) is 0 Å². The van der Waals surface area contributed by atoms with Crippen LogP contribution in [0.25, 0.3) is 16.4 Å². The number of carbonyl (C=O) groups is 1. The number of nitrogens with zero attached hydrogens (tertiary/aromatic N) is 2. The molecule has 0 saturated heterocycles. The van der Waals surface area contributed by atoms with Gasteiger partial charge in [-0.2, -0.15) is 0 Å². The lowest BCUT2D eigenvalue weighted by atomic mass is 9.79. The number of benzene rings is 2. The third kappa shape index (κ3) is 2.38. The second-order valence-electron chi connectivity index (χ2n) is 8.89. The summed E-state index contributed by atoms with van der Waals surface area (Å²) >= 11 is 0. The highest BCUT2D eigenvalue weighted by molar-refractivity contribution is 5.99. The number of rotatable bonds is 3. The fourth-order valence-electron chi connectivity index (χ4n) is 5.91. The maximum absolute atomic E-state index is 13.4. The molecule has 1 aliphatic heterocycles. The molecule has 1 unspecified atom stereocenters. The molecule has 0 saturated carbocycles. The number of aryl methyl sites for hydroxylation is 2. The van der Waals surface area contributed by atoms with Crippen LogP contribution in [0, 0.1) is 20.8 Å². The molecule has 4 nitrogen and oxygen atoms in total. The molecule has 1 atom stereocenters. The summed E-state index contributed by atoms with van der Waals surface area (Å²) in [6.45, 7) is 9.43. The Balaban J connectivity index is 1.87. The fraction of sp³-hybridized carbons (Fsp3) is 0.207. The highest BCUT2D eigenvalue weighted by Gasteiger charge is 2.53. The molecule has 4 heterocycles. The van der Waals surface area contributed by atoms with E-state index in [1.165, 1.54) is 5.56 Å². The smallest absolute Gasteiger partial charge is 0.340 e. The minimum Gasteiger partial charge on any atom is -0.439 e. The first-order chi connectivity index (χ1) is 16.0. The topological polar surface area (TPSA) is 35.6 Å². The summed E-state index contributed by atoms with van der Waals surface area (Å²) in [6.07, 6.45) is 2.08. The van der Waals surface area contributed by atoms with Crippen molar-refractivity contribution in [2.24, 2.45) is 0 Å². The van der Waals surface area contributed by atoms with E-state index in [4.69, 9.17) is 4.74 Å². The molecule has 0 N–H and O–H groups in total. The molecule has 5 aromatic rings. The molecule has 0 fully saturated rings. The van der Waals surface area contributed by atoms with Gasteiger partial charge in [-0.1, -0.05) is 42.5 Å². The number of pyridine rings is 1. The molecule has 4 heteroatoms. The zero-order valence-electron chi connectivity index (χ0n) is 19.3. The molecule has 33 heavy (non-hydrogen) atoms. The predicted octanol–water partition coefficient (Wildman–Crippen LogP) is 6.30. The number of fused-ring (bicyclic) bond motifs is 3. The lowest BCUT2D eigenvalue weighted by Gasteiger charge is -2.31. The Bertz CT molecular complexity index is 1590. The maximum atomic E-state index is 13.4. The first kappa shape index (κ1) is 19.9. The molecule has 0 radical (unpaired) electrons. The Kier molecular flexibility index (Phi) is 4.12. The number of ether oxygens (including phenoxy) is 1. The van der Waals surface area contributed by atoms with E-state index in [0.717, 1.165) is 51.0 Å². The Hall–Kier alpha value is -3.79. The molecular weight excluding hydrogens is 408 g/mol. The normalized spacial score (nSPS) is 17.6. The summed E-state index contributed by atoms with van der Waals surface area (Å²) in [4.78, 5) is 13.4. The van der Waals surface area contributed by atoms with Gasteiger partial charge in [-0.05, 0) is 63.1 Å². The van der Waals surface area contributed by atoms with Gasteiger partial charge in [0.05, 0.1) is 11.3 Å². The quantitative estimate of drug-likeness (QED) is 0.312. The van der Waals surface area contributed by atoms with Crippen molar-refractivity contribution in [3.05, 3.63) is 112 Å². The van der Waals surface area contributed by atoms with Crippen molar-refractivity contribution in [2.45, 2.75) is 39.8 Å². The van der Waals surface area contributed by atoms with Crippen LogP contribution in [0.1, 0.15) is 50.9 Å². The maximum Gasteiger partial charge on any atom is 0.340 e. The van der Waals surface area contributed by atoms with Crippen LogP contribution in [-0.4, -0.2) is 14.9 Å². The largest absolute Gasteiger partial charge is 0.439 e. The van der Waals surface area contributed by atoms with Gasteiger partial charge in [0.15, 0.2) is 0 Å². The second-order valence-corrected chi connectivity index (χ2v) is 8.89. The Morgan fingerprint density at radius 3 is 2.36 bits per heavy atom. The van der Waals surface area contributed by atoms with Gasteiger partial charge in [-0.3, -0.25) is 0 Å². The molecule has 2 aromatic carbocycles. The third-order valence-electron chi connectivity index (χ3n) is 7.41. The summed E-state index contributed by atoms with van der Waals surface area (Å²) in [7, 11) is 0. The van der Waals surface area contributed by atoms with Gasteiger partial charge in [-0.15, -0.1) is 0 Å². The third-order valence-corrected chi connectivity index (χ3v) is 7.41. The van der Waals surface area contributed by atoms with Crippen molar-refractivity contribution in [3.63, 3.8) is 0 Å². The van der Waals surface area contributed by atoms with E-state index in [-0.39, 0.29) is 5.97 Å². The summed E-state index contributed by atoms with van der Waals surface area (Å²) in [6, 6.07) is 22.5.